The minimum atomic E-state index is 0.0177. The van der Waals surface area contributed by atoms with E-state index in [0.29, 0.717) is 5.92 Å². The second-order valence-electron chi connectivity index (χ2n) is 9.34. The number of carbonyl (C=O) groups excluding carboxylic acids is 1. The maximum absolute atomic E-state index is 12.9. The van der Waals surface area contributed by atoms with Gasteiger partial charge in [-0.3, -0.25) is 4.79 Å². The lowest BCUT2D eigenvalue weighted by Gasteiger charge is -2.18. The molecule has 6 nitrogen and oxygen atoms in total. The largest absolute Gasteiger partial charge is 0.477 e. The highest BCUT2D eigenvalue weighted by Crippen LogP contribution is 2.34. The molecule has 0 aliphatic heterocycles. The predicted octanol–water partition coefficient (Wildman–Crippen LogP) is 4.28. The van der Waals surface area contributed by atoms with E-state index in [2.05, 4.69) is 24.1 Å². The van der Waals surface area contributed by atoms with E-state index in [-0.39, 0.29) is 11.8 Å². The van der Waals surface area contributed by atoms with Crippen molar-refractivity contribution >= 4 is 5.91 Å². The fourth-order valence-electron chi connectivity index (χ4n) is 4.52. The first kappa shape index (κ1) is 23.7. The quantitative estimate of drug-likeness (QED) is 0.409. The molecule has 4 rings (SSSR count). The standard InChI is InChI=1S/C27H38N4O2/c1-3-31(4-2)18-8-17-28-26(32)22-13-15-23-24(16-14-22)29-25(21-9-6-5-7-10-21)30-27(23)33-19-20-11-12-20/h5-7,9-10,20,22H,3-4,8,11-19H2,1-2H3,(H,28,32). The van der Waals surface area contributed by atoms with Crippen LogP contribution in [0.3, 0.4) is 0 Å². The summed E-state index contributed by atoms with van der Waals surface area (Å²) in [6.07, 6.45) is 6.71. The topological polar surface area (TPSA) is 67.4 Å². The summed E-state index contributed by atoms with van der Waals surface area (Å²) in [6.45, 7) is 8.98. The van der Waals surface area contributed by atoms with Crippen LogP contribution in [0.25, 0.3) is 11.4 Å². The van der Waals surface area contributed by atoms with Crippen LogP contribution >= 0.6 is 0 Å². The molecule has 2 aromatic rings. The summed E-state index contributed by atoms with van der Waals surface area (Å²) in [7, 11) is 0. The molecule has 0 radical (unpaired) electrons. The van der Waals surface area contributed by atoms with Crippen LogP contribution in [-0.2, 0) is 17.6 Å². The van der Waals surface area contributed by atoms with Gasteiger partial charge in [0.15, 0.2) is 5.82 Å². The first-order valence-corrected chi connectivity index (χ1v) is 12.8. The molecule has 33 heavy (non-hydrogen) atoms. The number of hydrogen-bond acceptors (Lipinski definition) is 5. The van der Waals surface area contributed by atoms with E-state index in [0.717, 1.165) is 93.4 Å². The zero-order chi connectivity index (χ0) is 23.0. The predicted molar refractivity (Wildman–Crippen MR) is 131 cm³/mol. The molecular weight excluding hydrogens is 412 g/mol. The van der Waals surface area contributed by atoms with Crippen molar-refractivity contribution in [1.82, 2.24) is 20.2 Å². The molecule has 1 atom stereocenters. The van der Waals surface area contributed by atoms with Crippen molar-refractivity contribution in [2.45, 2.75) is 58.8 Å². The highest BCUT2D eigenvalue weighted by molar-refractivity contribution is 5.78. The van der Waals surface area contributed by atoms with Crippen LogP contribution < -0.4 is 10.1 Å². The monoisotopic (exact) mass is 450 g/mol. The minimum absolute atomic E-state index is 0.0177. The fourth-order valence-corrected chi connectivity index (χ4v) is 4.52. The molecule has 1 fully saturated rings. The first-order chi connectivity index (χ1) is 16.2. The third-order valence-electron chi connectivity index (χ3n) is 6.93. The van der Waals surface area contributed by atoms with Gasteiger partial charge in [0.05, 0.1) is 12.3 Å². The Bertz CT molecular complexity index is 910. The van der Waals surface area contributed by atoms with Crippen LogP contribution in [-0.4, -0.2) is 53.6 Å². The highest BCUT2D eigenvalue weighted by Gasteiger charge is 2.28. The van der Waals surface area contributed by atoms with Gasteiger partial charge in [-0.1, -0.05) is 44.2 Å². The van der Waals surface area contributed by atoms with Gasteiger partial charge < -0.3 is 15.0 Å². The van der Waals surface area contributed by atoms with Gasteiger partial charge in [0.2, 0.25) is 11.8 Å². The molecule has 0 bridgehead atoms. The van der Waals surface area contributed by atoms with Gasteiger partial charge in [-0.2, -0.15) is 4.98 Å². The van der Waals surface area contributed by atoms with Crippen LogP contribution in [0.2, 0.25) is 0 Å². The second kappa shape index (κ2) is 11.6. The van der Waals surface area contributed by atoms with E-state index in [9.17, 15) is 4.79 Å². The van der Waals surface area contributed by atoms with Crippen LogP contribution in [0.1, 0.15) is 57.2 Å². The summed E-state index contributed by atoms with van der Waals surface area (Å²) in [4.78, 5) is 25.0. The summed E-state index contributed by atoms with van der Waals surface area (Å²) in [5.74, 6) is 2.31. The van der Waals surface area contributed by atoms with E-state index in [1.54, 1.807) is 0 Å². The van der Waals surface area contributed by atoms with Gasteiger partial charge in [-0.15, -0.1) is 0 Å². The third-order valence-corrected chi connectivity index (χ3v) is 6.93. The number of aromatic nitrogens is 2. The molecule has 6 heteroatoms. The molecule has 2 aliphatic rings. The number of carbonyl (C=O) groups is 1. The number of hydrogen-bond donors (Lipinski definition) is 1. The van der Waals surface area contributed by atoms with Gasteiger partial charge in [-0.25, -0.2) is 4.98 Å². The smallest absolute Gasteiger partial charge is 0.223 e. The molecule has 2 aliphatic carbocycles. The lowest BCUT2D eigenvalue weighted by atomic mass is 9.99. The zero-order valence-corrected chi connectivity index (χ0v) is 20.2. The molecule has 1 unspecified atom stereocenters. The second-order valence-corrected chi connectivity index (χ2v) is 9.34. The molecule has 1 amide bonds. The average Bonchev–Trinajstić information content (AvgIpc) is 3.69. The van der Waals surface area contributed by atoms with Crippen molar-refractivity contribution in [3.05, 3.63) is 41.6 Å². The van der Waals surface area contributed by atoms with Crippen LogP contribution in [0.4, 0.5) is 0 Å². The Morgan fingerprint density at radius 1 is 1.06 bits per heavy atom. The maximum atomic E-state index is 12.9. The highest BCUT2D eigenvalue weighted by atomic mass is 16.5. The third kappa shape index (κ3) is 6.53. The Balaban J connectivity index is 1.41. The van der Waals surface area contributed by atoms with Crippen molar-refractivity contribution < 1.29 is 9.53 Å². The number of aryl methyl sites for hydroxylation is 1. The normalized spacial score (nSPS) is 18.0. The molecule has 1 aromatic carbocycles. The number of nitrogens with zero attached hydrogens (tertiary/aromatic N) is 3. The Hall–Kier alpha value is -2.47. The number of amides is 1. The van der Waals surface area contributed by atoms with Crippen LogP contribution in [0, 0.1) is 11.8 Å². The van der Waals surface area contributed by atoms with Crippen molar-refractivity contribution in [1.29, 1.82) is 0 Å². The molecular formula is C27H38N4O2. The van der Waals surface area contributed by atoms with E-state index in [1.165, 1.54) is 12.8 Å². The van der Waals surface area contributed by atoms with E-state index < -0.39 is 0 Å². The number of rotatable bonds is 11. The van der Waals surface area contributed by atoms with Crippen LogP contribution in [0.5, 0.6) is 5.88 Å². The van der Waals surface area contributed by atoms with E-state index in [1.807, 2.05) is 30.3 Å². The van der Waals surface area contributed by atoms with E-state index in [4.69, 9.17) is 14.7 Å². The van der Waals surface area contributed by atoms with Crippen molar-refractivity contribution in [2.24, 2.45) is 11.8 Å². The summed E-state index contributed by atoms with van der Waals surface area (Å²) in [5, 5.41) is 3.18. The Labute approximate surface area is 198 Å². The number of nitrogens with one attached hydrogen (secondary N) is 1. The van der Waals surface area contributed by atoms with Crippen LogP contribution in [0.15, 0.2) is 30.3 Å². The average molecular weight is 451 g/mol. The molecule has 1 heterocycles. The van der Waals surface area contributed by atoms with Gasteiger partial charge >= 0.3 is 0 Å². The fraction of sp³-hybridized carbons (Fsp3) is 0.593. The lowest BCUT2D eigenvalue weighted by Crippen LogP contribution is -2.34. The Kier molecular flexibility index (Phi) is 8.32. The number of benzene rings is 1. The molecule has 0 saturated heterocycles. The minimum Gasteiger partial charge on any atom is -0.477 e. The Morgan fingerprint density at radius 2 is 1.82 bits per heavy atom. The first-order valence-electron chi connectivity index (χ1n) is 12.8. The molecule has 1 aromatic heterocycles. The summed E-state index contributed by atoms with van der Waals surface area (Å²) >= 11 is 0. The van der Waals surface area contributed by atoms with Crippen molar-refractivity contribution in [3.63, 3.8) is 0 Å². The lowest BCUT2D eigenvalue weighted by molar-refractivity contribution is -0.125. The van der Waals surface area contributed by atoms with Gasteiger partial charge in [0.25, 0.3) is 0 Å². The molecule has 1 saturated carbocycles. The molecule has 1 N–H and O–H groups in total. The summed E-state index contributed by atoms with van der Waals surface area (Å²) < 4.78 is 6.21. The summed E-state index contributed by atoms with van der Waals surface area (Å²) in [6, 6.07) is 10.1. The van der Waals surface area contributed by atoms with Crippen molar-refractivity contribution in [3.8, 4) is 17.3 Å². The van der Waals surface area contributed by atoms with Gasteiger partial charge in [-0.05, 0) is 70.5 Å². The zero-order valence-electron chi connectivity index (χ0n) is 20.2. The molecule has 0 spiro atoms. The number of fused-ring (bicyclic) bond motifs is 1. The maximum Gasteiger partial charge on any atom is 0.223 e. The Morgan fingerprint density at radius 3 is 2.55 bits per heavy atom. The number of ether oxygens (including phenoxy) is 1. The van der Waals surface area contributed by atoms with Crippen molar-refractivity contribution in [2.75, 3.05) is 32.8 Å². The van der Waals surface area contributed by atoms with Gasteiger partial charge in [0.1, 0.15) is 0 Å². The van der Waals surface area contributed by atoms with Gasteiger partial charge in [0, 0.05) is 23.6 Å². The SMILES string of the molecule is CCN(CC)CCCNC(=O)C1CCc2nc(-c3ccccc3)nc(OCC3CC3)c2CC1. The summed E-state index contributed by atoms with van der Waals surface area (Å²) in [5.41, 5.74) is 3.15. The molecule has 178 valence electrons. The van der Waals surface area contributed by atoms with E-state index >= 15 is 0 Å².